The van der Waals surface area contributed by atoms with Gasteiger partial charge >= 0.3 is 0 Å². The summed E-state index contributed by atoms with van der Waals surface area (Å²) < 4.78 is 0. The molecule has 0 atom stereocenters. The molecule has 3 rings (SSSR count). The summed E-state index contributed by atoms with van der Waals surface area (Å²) in [4.78, 5) is 9.57. The van der Waals surface area contributed by atoms with E-state index in [0.29, 0.717) is 6.54 Å². The van der Waals surface area contributed by atoms with Crippen molar-refractivity contribution >= 4 is 23.1 Å². The van der Waals surface area contributed by atoms with E-state index < -0.39 is 0 Å². The Morgan fingerprint density at radius 3 is 2.65 bits per heavy atom. The monoisotopic (exact) mass is 282 g/mol. The first-order valence-electron chi connectivity index (χ1n) is 6.27. The van der Waals surface area contributed by atoms with Crippen LogP contribution in [0, 0.1) is 0 Å². The highest BCUT2D eigenvalue weighted by Crippen LogP contribution is 2.25. The summed E-state index contributed by atoms with van der Waals surface area (Å²) >= 11 is 1.63. The van der Waals surface area contributed by atoms with Crippen molar-refractivity contribution in [3.8, 4) is 10.6 Å². The van der Waals surface area contributed by atoms with Gasteiger partial charge in [-0.05, 0) is 17.0 Å². The van der Waals surface area contributed by atoms with Crippen molar-refractivity contribution in [2.75, 3.05) is 11.1 Å². The molecule has 0 aliphatic rings. The van der Waals surface area contributed by atoms with Crippen LogP contribution in [0.15, 0.2) is 53.9 Å². The fraction of sp³-hybridized carbons (Fsp3) is 0.0667. The molecule has 3 N–H and O–H groups in total. The van der Waals surface area contributed by atoms with E-state index >= 15 is 0 Å². The van der Waals surface area contributed by atoms with Crippen molar-refractivity contribution in [1.29, 1.82) is 0 Å². The third kappa shape index (κ3) is 2.95. The van der Waals surface area contributed by atoms with Crippen LogP contribution in [0.1, 0.15) is 5.56 Å². The van der Waals surface area contributed by atoms with Crippen molar-refractivity contribution in [2.45, 2.75) is 6.54 Å². The molecule has 100 valence electrons. The number of thiophene rings is 1. The smallest absolute Gasteiger partial charge is 0.222 e. The van der Waals surface area contributed by atoms with Crippen molar-refractivity contribution in [3.63, 3.8) is 0 Å². The van der Waals surface area contributed by atoms with Gasteiger partial charge in [0.1, 0.15) is 5.82 Å². The zero-order valence-electron chi connectivity index (χ0n) is 10.8. The fourth-order valence-corrected chi connectivity index (χ4v) is 2.58. The average Bonchev–Trinajstić information content (AvgIpc) is 3.00. The Balaban J connectivity index is 1.80. The predicted octanol–water partition coefficient (Wildman–Crippen LogP) is 3.40. The molecule has 2 aromatic heterocycles. The maximum atomic E-state index is 5.78. The summed E-state index contributed by atoms with van der Waals surface area (Å²) in [5.74, 6) is 1.02. The third-order valence-electron chi connectivity index (χ3n) is 2.83. The highest BCUT2D eigenvalue weighted by atomic mass is 32.1. The van der Waals surface area contributed by atoms with Gasteiger partial charge in [-0.2, -0.15) is 4.98 Å². The van der Waals surface area contributed by atoms with Gasteiger partial charge in [0.2, 0.25) is 5.95 Å². The third-order valence-corrected chi connectivity index (χ3v) is 3.73. The molecule has 3 aromatic rings. The predicted molar refractivity (Wildman–Crippen MR) is 83.5 cm³/mol. The van der Waals surface area contributed by atoms with Crippen LogP contribution < -0.4 is 11.1 Å². The lowest BCUT2D eigenvalue weighted by Crippen LogP contribution is -2.04. The number of aromatic nitrogens is 2. The molecule has 0 amide bonds. The Kier molecular flexibility index (Phi) is 3.60. The quantitative estimate of drug-likeness (QED) is 0.770. The molecule has 0 spiro atoms. The molecule has 4 nitrogen and oxygen atoms in total. The molecule has 0 unspecified atom stereocenters. The van der Waals surface area contributed by atoms with Crippen LogP contribution in [0.2, 0.25) is 0 Å². The maximum Gasteiger partial charge on any atom is 0.222 e. The standard InChI is InChI=1S/C15H14N4S/c16-15-18-12(13-7-4-8-20-13)9-14(19-15)17-10-11-5-2-1-3-6-11/h1-9H,10H2,(H3,16,17,18,19). The molecule has 0 saturated carbocycles. The minimum atomic E-state index is 0.284. The maximum absolute atomic E-state index is 5.78. The van der Waals surface area contributed by atoms with Crippen LogP contribution >= 0.6 is 11.3 Å². The molecule has 0 bridgehead atoms. The molecule has 20 heavy (non-hydrogen) atoms. The fourth-order valence-electron chi connectivity index (χ4n) is 1.90. The summed E-state index contributed by atoms with van der Waals surface area (Å²) in [5, 5.41) is 5.30. The van der Waals surface area contributed by atoms with Crippen LogP contribution in [-0.2, 0) is 6.54 Å². The topological polar surface area (TPSA) is 63.8 Å². The Bertz CT molecular complexity index is 680. The molecule has 0 saturated heterocycles. The Morgan fingerprint density at radius 1 is 1.05 bits per heavy atom. The normalized spacial score (nSPS) is 10.4. The van der Waals surface area contributed by atoms with E-state index in [9.17, 15) is 0 Å². The van der Waals surface area contributed by atoms with Gasteiger partial charge in [0, 0.05) is 12.6 Å². The van der Waals surface area contributed by atoms with Gasteiger partial charge in [-0.15, -0.1) is 11.3 Å². The van der Waals surface area contributed by atoms with Crippen LogP contribution in [0.3, 0.4) is 0 Å². The minimum Gasteiger partial charge on any atom is -0.368 e. The number of benzene rings is 1. The number of anilines is 2. The summed E-state index contributed by atoms with van der Waals surface area (Å²) in [6.45, 7) is 0.709. The zero-order valence-corrected chi connectivity index (χ0v) is 11.6. The summed E-state index contributed by atoms with van der Waals surface area (Å²) in [6, 6.07) is 16.1. The molecule has 0 aliphatic carbocycles. The Hall–Kier alpha value is -2.40. The van der Waals surface area contributed by atoms with Crippen molar-refractivity contribution in [1.82, 2.24) is 9.97 Å². The Labute approximate surface area is 121 Å². The molecule has 1 aromatic carbocycles. The van der Waals surface area contributed by atoms with Gasteiger partial charge < -0.3 is 11.1 Å². The zero-order chi connectivity index (χ0) is 13.8. The lowest BCUT2D eigenvalue weighted by atomic mass is 10.2. The van der Waals surface area contributed by atoms with E-state index in [1.54, 1.807) is 11.3 Å². The second-order valence-electron chi connectivity index (χ2n) is 4.31. The van der Waals surface area contributed by atoms with Crippen molar-refractivity contribution in [3.05, 3.63) is 59.5 Å². The lowest BCUT2D eigenvalue weighted by molar-refractivity contribution is 1.09. The van der Waals surface area contributed by atoms with E-state index in [0.717, 1.165) is 16.4 Å². The number of nitrogens with one attached hydrogen (secondary N) is 1. The van der Waals surface area contributed by atoms with Gasteiger partial charge in [-0.1, -0.05) is 36.4 Å². The van der Waals surface area contributed by atoms with Crippen LogP contribution in [0.4, 0.5) is 11.8 Å². The number of nitrogens with zero attached hydrogens (tertiary/aromatic N) is 2. The number of nitrogens with two attached hydrogens (primary N) is 1. The summed E-state index contributed by atoms with van der Waals surface area (Å²) in [5.41, 5.74) is 7.82. The average molecular weight is 282 g/mol. The van der Waals surface area contributed by atoms with Crippen LogP contribution in [-0.4, -0.2) is 9.97 Å². The van der Waals surface area contributed by atoms with Gasteiger partial charge in [0.05, 0.1) is 10.6 Å². The Morgan fingerprint density at radius 2 is 1.90 bits per heavy atom. The molecule has 5 heteroatoms. The number of hydrogen-bond donors (Lipinski definition) is 2. The van der Waals surface area contributed by atoms with E-state index in [2.05, 4.69) is 27.4 Å². The van der Waals surface area contributed by atoms with Gasteiger partial charge in [-0.25, -0.2) is 4.98 Å². The van der Waals surface area contributed by atoms with Crippen LogP contribution in [0.25, 0.3) is 10.6 Å². The van der Waals surface area contributed by atoms with Crippen LogP contribution in [0.5, 0.6) is 0 Å². The molecule has 0 radical (unpaired) electrons. The SMILES string of the molecule is Nc1nc(NCc2ccccc2)cc(-c2cccs2)n1. The molecule has 0 fully saturated rings. The van der Waals surface area contributed by atoms with Gasteiger partial charge in [-0.3, -0.25) is 0 Å². The van der Waals surface area contributed by atoms with E-state index in [4.69, 9.17) is 5.73 Å². The highest BCUT2D eigenvalue weighted by molar-refractivity contribution is 7.13. The van der Waals surface area contributed by atoms with E-state index in [1.807, 2.05) is 41.8 Å². The molecule has 0 aliphatic heterocycles. The van der Waals surface area contributed by atoms with Crippen molar-refractivity contribution in [2.24, 2.45) is 0 Å². The van der Waals surface area contributed by atoms with Gasteiger partial charge in [0.25, 0.3) is 0 Å². The highest BCUT2D eigenvalue weighted by Gasteiger charge is 2.05. The molecular weight excluding hydrogens is 268 g/mol. The second kappa shape index (κ2) is 5.71. The first kappa shape index (κ1) is 12.6. The largest absolute Gasteiger partial charge is 0.368 e. The number of hydrogen-bond acceptors (Lipinski definition) is 5. The second-order valence-corrected chi connectivity index (χ2v) is 5.26. The molecule has 2 heterocycles. The summed E-state index contributed by atoms with van der Waals surface area (Å²) in [6.07, 6.45) is 0. The minimum absolute atomic E-state index is 0.284. The molecular formula is C15H14N4S. The summed E-state index contributed by atoms with van der Waals surface area (Å²) in [7, 11) is 0. The van der Waals surface area contributed by atoms with Gasteiger partial charge in [0.15, 0.2) is 0 Å². The first-order chi connectivity index (χ1) is 9.81. The first-order valence-corrected chi connectivity index (χ1v) is 7.15. The lowest BCUT2D eigenvalue weighted by Gasteiger charge is -2.07. The van der Waals surface area contributed by atoms with E-state index in [1.165, 1.54) is 5.56 Å². The number of nitrogen functional groups attached to an aromatic ring is 1. The number of rotatable bonds is 4. The van der Waals surface area contributed by atoms with E-state index in [-0.39, 0.29) is 5.95 Å². The van der Waals surface area contributed by atoms with Crippen molar-refractivity contribution < 1.29 is 0 Å².